The van der Waals surface area contributed by atoms with Gasteiger partial charge in [0.1, 0.15) is 0 Å². The van der Waals surface area contributed by atoms with Crippen molar-refractivity contribution in [1.82, 2.24) is 0 Å². The number of fused-ring (bicyclic) bond motifs is 1. The molecule has 5 rings (SSSR count). The van der Waals surface area contributed by atoms with E-state index in [2.05, 4.69) is 139 Å². The first-order chi connectivity index (χ1) is 17.3. The Morgan fingerprint density at radius 1 is 0.600 bits per heavy atom. The van der Waals surface area contributed by atoms with Crippen molar-refractivity contribution in [3.63, 3.8) is 0 Å². The molecule has 0 aliphatic rings. The van der Waals surface area contributed by atoms with Crippen LogP contribution < -0.4 is 5.32 Å². The predicted molar refractivity (Wildman–Crippen MR) is 153 cm³/mol. The Morgan fingerprint density at radius 3 is 1.86 bits per heavy atom. The third-order valence-corrected chi connectivity index (χ3v) is 6.36. The average molecular weight is 452 g/mol. The van der Waals surface area contributed by atoms with Gasteiger partial charge >= 0.3 is 0 Å². The van der Waals surface area contributed by atoms with Crippen LogP contribution in [-0.4, -0.2) is 6.04 Å². The molecule has 0 heterocycles. The van der Waals surface area contributed by atoms with Crippen LogP contribution in [0.4, 0.5) is 5.69 Å². The molecule has 35 heavy (non-hydrogen) atoms. The lowest BCUT2D eigenvalue weighted by Gasteiger charge is -2.15. The van der Waals surface area contributed by atoms with Crippen molar-refractivity contribution in [1.29, 1.82) is 0 Å². The molecule has 0 aromatic heterocycles. The highest BCUT2D eigenvalue weighted by atomic mass is 14.9. The fraction of sp³-hybridized carbons (Fsp3) is 0.0588. The van der Waals surface area contributed by atoms with Crippen LogP contribution in [0.25, 0.3) is 39.1 Å². The summed E-state index contributed by atoms with van der Waals surface area (Å²) < 4.78 is 0. The number of anilines is 1. The number of benzene rings is 5. The normalized spacial score (nSPS) is 12.0. The van der Waals surface area contributed by atoms with E-state index in [4.69, 9.17) is 0 Å². The van der Waals surface area contributed by atoms with Crippen LogP contribution in [0, 0.1) is 0 Å². The Labute approximate surface area is 208 Å². The van der Waals surface area contributed by atoms with Crippen LogP contribution >= 0.6 is 0 Å². The molecule has 0 fully saturated rings. The maximum absolute atomic E-state index is 4.03. The molecular weight excluding hydrogens is 422 g/mol. The van der Waals surface area contributed by atoms with Gasteiger partial charge in [-0.1, -0.05) is 127 Å². The maximum Gasteiger partial charge on any atom is 0.0476 e. The number of nitrogens with one attached hydrogen (secondary N) is 1. The lowest BCUT2D eigenvalue weighted by atomic mass is 10.00. The van der Waals surface area contributed by atoms with Crippen molar-refractivity contribution >= 4 is 22.5 Å². The molecule has 0 radical (unpaired) electrons. The Morgan fingerprint density at radius 2 is 1.17 bits per heavy atom. The highest BCUT2D eigenvalue weighted by Gasteiger charge is 2.04. The summed E-state index contributed by atoms with van der Waals surface area (Å²) in [4.78, 5) is 0. The first kappa shape index (κ1) is 22.4. The van der Waals surface area contributed by atoms with Crippen molar-refractivity contribution in [2.75, 3.05) is 5.32 Å². The fourth-order valence-corrected chi connectivity index (χ4v) is 4.41. The van der Waals surface area contributed by atoms with E-state index < -0.39 is 0 Å². The number of hydrogen-bond donors (Lipinski definition) is 1. The van der Waals surface area contributed by atoms with Crippen molar-refractivity contribution in [3.8, 4) is 22.3 Å². The van der Waals surface area contributed by atoms with E-state index in [-0.39, 0.29) is 6.04 Å². The molecule has 0 saturated heterocycles. The van der Waals surface area contributed by atoms with Gasteiger partial charge in [0.15, 0.2) is 0 Å². The monoisotopic (exact) mass is 451 g/mol. The number of hydrogen-bond acceptors (Lipinski definition) is 1. The lowest BCUT2D eigenvalue weighted by molar-refractivity contribution is 0.898. The van der Waals surface area contributed by atoms with E-state index in [1.54, 1.807) is 0 Å². The van der Waals surface area contributed by atoms with Crippen molar-refractivity contribution in [2.24, 2.45) is 0 Å². The fourth-order valence-electron chi connectivity index (χ4n) is 4.41. The van der Waals surface area contributed by atoms with Gasteiger partial charge in [-0.15, -0.1) is 6.58 Å². The highest BCUT2D eigenvalue weighted by Crippen LogP contribution is 2.26. The summed E-state index contributed by atoms with van der Waals surface area (Å²) in [5, 5.41) is 6.14. The molecule has 5 aromatic carbocycles. The third-order valence-electron chi connectivity index (χ3n) is 6.36. The highest BCUT2D eigenvalue weighted by molar-refractivity contribution is 5.90. The van der Waals surface area contributed by atoms with Gasteiger partial charge in [-0.3, -0.25) is 0 Å². The van der Waals surface area contributed by atoms with Gasteiger partial charge in [0.25, 0.3) is 0 Å². The molecule has 1 unspecified atom stereocenters. The Balaban J connectivity index is 1.23. The van der Waals surface area contributed by atoms with Gasteiger partial charge in [-0.2, -0.15) is 0 Å². The standard InChI is InChI=1S/C34H29N/c1-2-32(16-9-15-31-14-8-13-30-12-6-7-17-34(30)31)35-33-24-22-29(23-25-33)28-20-18-27(19-21-28)26-10-4-3-5-11-26/h2-15,17-25,32,35H,1,16H2/b15-9+. The second-order valence-electron chi connectivity index (χ2n) is 8.71. The average Bonchev–Trinajstić information content (AvgIpc) is 2.93. The zero-order valence-corrected chi connectivity index (χ0v) is 19.8. The van der Waals surface area contributed by atoms with Crippen LogP contribution in [0.1, 0.15) is 12.0 Å². The molecule has 1 heteroatoms. The molecule has 0 aliphatic carbocycles. The Hall–Kier alpha value is -4.36. The molecule has 1 nitrogen and oxygen atoms in total. The summed E-state index contributed by atoms with van der Waals surface area (Å²) in [6.45, 7) is 4.03. The van der Waals surface area contributed by atoms with E-state index >= 15 is 0 Å². The molecule has 170 valence electrons. The summed E-state index contributed by atoms with van der Waals surface area (Å²) in [5.41, 5.74) is 7.24. The molecular formula is C34H29N. The minimum atomic E-state index is 0.164. The van der Waals surface area contributed by atoms with Crippen LogP contribution in [0.2, 0.25) is 0 Å². The molecule has 1 atom stereocenters. The van der Waals surface area contributed by atoms with E-state index in [1.165, 1.54) is 38.6 Å². The quantitative estimate of drug-likeness (QED) is 0.232. The SMILES string of the molecule is C=CC(C/C=C/c1cccc2ccccc12)Nc1ccc(-c2ccc(-c3ccccc3)cc2)cc1. The van der Waals surface area contributed by atoms with Gasteiger partial charge in [-0.05, 0) is 57.1 Å². The zero-order chi connectivity index (χ0) is 23.9. The molecule has 0 amide bonds. The van der Waals surface area contributed by atoms with Gasteiger partial charge in [0.05, 0.1) is 0 Å². The largest absolute Gasteiger partial charge is 0.379 e. The molecule has 1 N–H and O–H groups in total. The van der Waals surface area contributed by atoms with Crippen LogP contribution in [0.15, 0.2) is 140 Å². The van der Waals surface area contributed by atoms with Gasteiger partial charge in [0, 0.05) is 11.7 Å². The molecule has 0 aliphatic heterocycles. The van der Waals surface area contributed by atoms with Crippen molar-refractivity contribution < 1.29 is 0 Å². The smallest absolute Gasteiger partial charge is 0.0476 e. The molecule has 5 aromatic rings. The lowest BCUT2D eigenvalue weighted by Crippen LogP contribution is -2.15. The first-order valence-corrected chi connectivity index (χ1v) is 12.1. The summed E-state index contributed by atoms with van der Waals surface area (Å²) in [6, 6.07) is 43.0. The van der Waals surface area contributed by atoms with Crippen LogP contribution in [0.5, 0.6) is 0 Å². The summed E-state index contributed by atoms with van der Waals surface area (Å²) >= 11 is 0. The van der Waals surface area contributed by atoms with Gasteiger partial charge in [-0.25, -0.2) is 0 Å². The van der Waals surface area contributed by atoms with Crippen molar-refractivity contribution in [2.45, 2.75) is 12.5 Å². The van der Waals surface area contributed by atoms with Gasteiger partial charge in [0.2, 0.25) is 0 Å². The van der Waals surface area contributed by atoms with Crippen molar-refractivity contribution in [3.05, 3.63) is 146 Å². The van der Waals surface area contributed by atoms with Crippen LogP contribution in [0.3, 0.4) is 0 Å². The zero-order valence-electron chi connectivity index (χ0n) is 19.8. The molecule has 0 saturated carbocycles. The van der Waals surface area contributed by atoms with E-state index in [0.717, 1.165) is 12.1 Å². The maximum atomic E-state index is 4.03. The van der Waals surface area contributed by atoms with Crippen LogP contribution in [-0.2, 0) is 0 Å². The predicted octanol–water partition coefficient (Wildman–Crippen LogP) is 9.24. The molecule has 0 bridgehead atoms. The summed E-state index contributed by atoms with van der Waals surface area (Å²) in [7, 11) is 0. The van der Waals surface area contributed by atoms with E-state index in [1.807, 2.05) is 12.1 Å². The topological polar surface area (TPSA) is 12.0 Å². The second-order valence-corrected chi connectivity index (χ2v) is 8.71. The Bertz CT molecular complexity index is 1420. The minimum absolute atomic E-state index is 0.164. The summed E-state index contributed by atoms with van der Waals surface area (Å²) in [5.74, 6) is 0. The first-order valence-electron chi connectivity index (χ1n) is 12.1. The third kappa shape index (κ3) is 5.42. The van der Waals surface area contributed by atoms with E-state index in [9.17, 15) is 0 Å². The molecule has 0 spiro atoms. The van der Waals surface area contributed by atoms with Gasteiger partial charge < -0.3 is 5.32 Å². The number of rotatable bonds is 8. The minimum Gasteiger partial charge on any atom is -0.379 e. The van der Waals surface area contributed by atoms with E-state index in [0.29, 0.717) is 0 Å². The Kier molecular flexibility index (Phi) is 6.87. The second kappa shape index (κ2) is 10.7. The summed E-state index contributed by atoms with van der Waals surface area (Å²) in [6.07, 6.45) is 7.28.